The van der Waals surface area contributed by atoms with E-state index in [1.54, 1.807) is 42.3 Å². The maximum absolute atomic E-state index is 14.0. The van der Waals surface area contributed by atoms with Crippen LogP contribution in [0.4, 0.5) is 10.1 Å². The van der Waals surface area contributed by atoms with E-state index in [1.165, 1.54) is 13.2 Å². The Bertz CT molecular complexity index is 778. The molecule has 7 heteroatoms. The van der Waals surface area contributed by atoms with Crippen LogP contribution in [-0.2, 0) is 11.3 Å². The fourth-order valence-electron chi connectivity index (χ4n) is 2.33. The zero-order chi connectivity index (χ0) is 17.9. The van der Waals surface area contributed by atoms with E-state index < -0.39 is 17.7 Å². The van der Waals surface area contributed by atoms with E-state index in [4.69, 9.17) is 5.73 Å². The summed E-state index contributed by atoms with van der Waals surface area (Å²) >= 11 is 3.21. The van der Waals surface area contributed by atoms with E-state index in [2.05, 4.69) is 20.7 Å². The van der Waals surface area contributed by atoms with Gasteiger partial charge in [-0.2, -0.15) is 0 Å². The molecule has 0 aliphatic carbocycles. The number of hydrogen-bond donors (Lipinski definition) is 1. The number of methoxy groups -OCH3 is 1. The molecule has 0 saturated carbocycles. The van der Waals surface area contributed by atoms with Crippen LogP contribution in [0.5, 0.6) is 0 Å². The van der Waals surface area contributed by atoms with Gasteiger partial charge >= 0.3 is 5.97 Å². The second-order valence-corrected chi connectivity index (χ2v) is 6.11. The van der Waals surface area contributed by atoms with Crippen molar-refractivity contribution in [3.8, 4) is 0 Å². The number of carbonyl (C=O) groups is 2. The van der Waals surface area contributed by atoms with Crippen LogP contribution in [0.1, 0.15) is 26.3 Å². The highest BCUT2D eigenvalue weighted by atomic mass is 79.9. The van der Waals surface area contributed by atoms with Crippen LogP contribution in [0.15, 0.2) is 40.9 Å². The van der Waals surface area contributed by atoms with Crippen LogP contribution in [0, 0.1) is 5.82 Å². The Hall–Kier alpha value is -2.41. The van der Waals surface area contributed by atoms with Gasteiger partial charge in [-0.3, -0.25) is 4.79 Å². The molecule has 2 aromatic rings. The van der Waals surface area contributed by atoms with Gasteiger partial charge in [0.2, 0.25) is 0 Å². The number of primary amides is 1. The number of halogens is 2. The van der Waals surface area contributed by atoms with E-state index in [1.807, 2.05) is 0 Å². The van der Waals surface area contributed by atoms with E-state index in [0.29, 0.717) is 22.3 Å². The second-order valence-electron chi connectivity index (χ2n) is 5.19. The Labute approximate surface area is 147 Å². The van der Waals surface area contributed by atoms with Crippen molar-refractivity contribution in [2.75, 3.05) is 19.1 Å². The maximum Gasteiger partial charge on any atom is 0.337 e. The number of nitrogens with zero attached hydrogens (tertiary/aromatic N) is 1. The standard InChI is InChI=1S/C17H16BrFN2O3/c1-21(9-10-3-5-11(6-4-10)17(23)24-2)14-8-12(18)7-13(19)15(14)16(20)22/h3-8H,9H2,1-2H3,(H2,20,22). The minimum atomic E-state index is -0.831. The van der Waals surface area contributed by atoms with E-state index in [9.17, 15) is 14.0 Å². The van der Waals surface area contributed by atoms with Crippen molar-refractivity contribution in [1.29, 1.82) is 0 Å². The average Bonchev–Trinajstić information content (AvgIpc) is 2.53. The maximum atomic E-state index is 14.0. The number of esters is 1. The third-order valence-electron chi connectivity index (χ3n) is 3.49. The molecule has 0 unspecified atom stereocenters. The van der Waals surface area contributed by atoms with Gasteiger partial charge in [0.15, 0.2) is 0 Å². The normalized spacial score (nSPS) is 10.3. The molecule has 2 aromatic carbocycles. The molecule has 0 bridgehead atoms. The third kappa shape index (κ3) is 3.91. The lowest BCUT2D eigenvalue weighted by Gasteiger charge is -2.22. The summed E-state index contributed by atoms with van der Waals surface area (Å²) in [6.07, 6.45) is 0. The van der Waals surface area contributed by atoms with Crippen molar-refractivity contribution in [2.24, 2.45) is 5.73 Å². The van der Waals surface area contributed by atoms with E-state index >= 15 is 0 Å². The summed E-state index contributed by atoms with van der Waals surface area (Å²) in [5, 5.41) is 0. The fourth-order valence-corrected chi connectivity index (χ4v) is 2.75. The molecule has 0 aromatic heterocycles. The van der Waals surface area contributed by atoms with Gasteiger partial charge in [-0.15, -0.1) is 0 Å². The van der Waals surface area contributed by atoms with Crippen LogP contribution >= 0.6 is 15.9 Å². The highest BCUT2D eigenvalue weighted by Crippen LogP contribution is 2.28. The predicted molar refractivity (Wildman–Crippen MR) is 92.5 cm³/mol. The summed E-state index contributed by atoms with van der Waals surface area (Å²) in [4.78, 5) is 24.7. The zero-order valence-corrected chi connectivity index (χ0v) is 14.8. The molecule has 0 aliphatic heterocycles. The lowest BCUT2D eigenvalue weighted by atomic mass is 10.1. The SMILES string of the molecule is COC(=O)c1ccc(CN(C)c2cc(Br)cc(F)c2C(N)=O)cc1. The molecule has 1 amide bonds. The Morgan fingerprint density at radius 2 is 1.88 bits per heavy atom. The number of ether oxygens (including phenoxy) is 1. The average molecular weight is 395 g/mol. The quantitative estimate of drug-likeness (QED) is 0.790. The topological polar surface area (TPSA) is 72.6 Å². The summed E-state index contributed by atoms with van der Waals surface area (Å²) in [5.74, 6) is -1.93. The summed E-state index contributed by atoms with van der Waals surface area (Å²) < 4.78 is 19.2. The number of rotatable bonds is 5. The summed E-state index contributed by atoms with van der Waals surface area (Å²) in [5.41, 5.74) is 6.83. The Balaban J connectivity index is 2.28. The highest BCUT2D eigenvalue weighted by Gasteiger charge is 2.18. The Morgan fingerprint density at radius 1 is 1.25 bits per heavy atom. The van der Waals surface area contributed by atoms with Gasteiger partial charge < -0.3 is 15.4 Å². The molecule has 0 atom stereocenters. The molecule has 0 fully saturated rings. The lowest BCUT2D eigenvalue weighted by Crippen LogP contribution is -2.23. The lowest BCUT2D eigenvalue weighted by molar-refractivity contribution is 0.0600. The molecule has 126 valence electrons. The van der Waals surface area contributed by atoms with Crippen molar-refractivity contribution in [1.82, 2.24) is 0 Å². The summed E-state index contributed by atoms with van der Waals surface area (Å²) in [6.45, 7) is 0.400. The highest BCUT2D eigenvalue weighted by molar-refractivity contribution is 9.10. The van der Waals surface area contributed by atoms with Gasteiger partial charge in [0, 0.05) is 18.1 Å². The van der Waals surface area contributed by atoms with Crippen molar-refractivity contribution in [3.05, 3.63) is 63.4 Å². The number of amides is 1. The van der Waals surface area contributed by atoms with Gasteiger partial charge in [0.25, 0.3) is 5.91 Å². The van der Waals surface area contributed by atoms with Gasteiger partial charge in [0.1, 0.15) is 5.82 Å². The van der Waals surface area contributed by atoms with Crippen LogP contribution < -0.4 is 10.6 Å². The van der Waals surface area contributed by atoms with Gasteiger partial charge in [-0.25, -0.2) is 9.18 Å². The first-order chi connectivity index (χ1) is 11.3. The third-order valence-corrected chi connectivity index (χ3v) is 3.94. The molecular formula is C17H16BrFN2O3. The second kappa shape index (κ2) is 7.44. The Morgan fingerprint density at radius 3 is 2.42 bits per heavy atom. The largest absolute Gasteiger partial charge is 0.465 e. The molecule has 0 spiro atoms. The molecule has 24 heavy (non-hydrogen) atoms. The molecule has 2 N–H and O–H groups in total. The first-order valence-corrected chi connectivity index (χ1v) is 7.80. The molecule has 0 aliphatic rings. The zero-order valence-electron chi connectivity index (χ0n) is 13.2. The first-order valence-electron chi connectivity index (χ1n) is 7.00. The predicted octanol–water partition coefficient (Wildman–Crippen LogP) is 3.11. The van der Waals surface area contributed by atoms with Crippen LogP contribution in [-0.4, -0.2) is 26.0 Å². The number of carbonyl (C=O) groups excluding carboxylic acids is 2. The molecule has 0 saturated heterocycles. The van der Waals surface area contributed by atoms with E-state index in [0.717, 1.165) is 5.56 Å². The number of nitrogens with two attached hydrogens (primary N) is 1. The Kier molecular flexibility index (Phi) is 5.56. The number of benzene rings is 2. The summed E-state index contributed by atoms with van der Waals surface area (Å²) in [6, 6.07) is 9.65. The van der Waals surface area contributed by atoms with Crippen molar-refractivity contribution < 1.29 is 18.7 Å². The van der Waals surface area contributed by atoms with Crippen LogP contribution in [0.25, 0.3) is 0 Å². The molecule has 2 rings (SSSR count). The first kappa shape index (κ1) is 17.9. The number of anilines is 1. The molecule has 0 heterocycles. The minimum Gasteiger partial charge on any atom is -0.465 e. The van der Waals surface area contributed by atoms with Crippen LogP contribution in [0.2, 0.25) is 0 Å². The summed E-state index contributed by atoms with van der Waals surface area (Å²) in [7, 11) is 3.04. The van der Waals surface area contributed by atoms with Crippen LogP contribution in [0.3, 0.4) is 0 Å². The molecular weight excluding hydrogens is 379 g/mol. The minimum absolute atomic E-state index is 0.160. The van der Waals surface area contributed by atoms with Gasteiger partial charge in [0.05, 0.1) is 23.9 Å². The van der Waals surface area contributed by atoms with Gasteiger partial charge in [-0.1, -0.05) is 28.1 Å². The smallest absolute Gasteiger partial charge is 0.337 e. The van der Waals surface area contributed by atoms with Gasteiger partial charge in [-0.05, 0) is 29.8 Å². The number of hydrogen-bond acceptors (Lipinski definition) is 4. The molecule has 0 radical (unpaired) electrons. The van der Waals surface area contributed by atoms with Crippen molar-refractivity contribution in [3.63, 3.8) is 0 Å². The van der Waals surface area contributed by atoms with Crippen molar-refractivity contribution >= 4 is 33.5 Å². The van der Waals surface area contributed by atoms with Crippen molar-refractivity contribution in [2.45, 2.75) is 6.54 Å². The fraction of sp³-hybridized carbons (Fsp3) is 0.176. The molecule has 5 nitrogen and oxygen atoms in total. The monoisotopic (exact) mass is 394 g/mol. The van der Waals surface area contributed by atoms with E-state index in [-0.39, 0.29) is 5.56 Å².